The maximum Gasteiger partial charge on any atom is 0.416 e. The number of amides is 1. The number of nitrogens with zero attached hydrogens (tertiary/aromatic N) is 5. The van der Waals surface area contributed by atoms with Gasteiger partial charge in [-0.1, -0.05) is 6.92 Å². The van der Waals surface area contributed by atoms with E-state index >= 15 is 0 Å². The molecule has 3 aromatic rings. The number of halogens is 3. The highest BCUT2D eigenvalue weighted by Gasteiger charge is 2.49. The van der Waals surface area contributed by atoms with Crippen LogP contribution in [0, 0.1) is 5.92 Å². The molecule has 0 saturated heterocycles. The number of benzene rings is 1. The molecule has 0 atom stereocenters. The Morgan fingerprint density at radius 3 is 2.51 bits per heavy atom. The lowest BCUT2D eigenvalue weighted by molar-refractivity contribution is -0.138. The van der Waals surface area contributed by atoms with Gasteiger partial charge in [0.2, 0.25) is 5.88 Å². The number of ether oxygens (including phenoxy) is 1. The van der Waals surface area contributed by atoms with E-state index < -0.39 is 23.1 Å². The van der Waals surface area contributed by atoms with E-state index in [0.29, 0.717) is 24.0 Å². The first-order chi connectivity index (χ1) is 19.4. The molecule has 6 rings (SSSR count). The zero-order valence-electron chi connectivity index (χ0n) is 23.8. The normalized spacial score (nSPS) is 23.2. The summed E-state index contributed by atoms with van der Waals surface area (Å²) in [6.07, 6.45) is 1.75. The van der Waals surface area contributed by atoms with Crippen molar-refractivity contribution < 1.29 is 22.7 Å². The topological polar surface area (TPSA) is 85.2 Å². The number of rotatable bonds is 8. The van der Waals surface area contributed by atoms with Gasteiger partial charge in [0.15, 0.2) is 0 Å². The van der Waals surface area contributed by atoms with E-state index in [9.17, 15) is 18.0 Å². The van der Waals surface area contributed by atoms with Gasteiger partial charge >= 0.3 is 6.18 Å². The maximum absolute atomic E-state index is 14.3. The van der Waals surface area contributed by atoms with Gasteiger partial charge in [-0.2, -0.15) is 18.2 Å². The third kappa shape index (κ3) is 4.77. The van der Waals surface area contributed by atoms with E-state index in [4.69, 9.17) is 4.74 Å². The van der Waals surface area contributed by atoms with Crippen LogP contribution in [0.15, 0.2) is 30.6 Å². The van der Waals surface area contributed by atoms with Crippen LogP contribution < -0.4 is 15.0 Å². The van der Waals surface area contributed by atoms with E-state index in [0.717, 1.165) is 43.5 Å². The van der Waals surface area contributed by atoms with Crippen molar-refractivity contribution in [1.82, 2.24) is 25.1 Å². The number of pyridine rings is 1. The Kier molecular flexibility index (Phi) is 6.63. The van der Waals surface area contributed by atoms with Crippen molar-refractivity contribution in [1.29, 1.82) is 0 Å². The zero-order valence-corrected chi connectivity index (χ0v) is 23.8. The Balaban J connectivity index is 1.40. The fourth-order valence-electron chi connectivity index (χ4n) is 6.73. The highest BCUT2D eigenvalue weighted by Crippen LogP contribution is 2.52. The van der Waals surface area contributed by atoms with Crippen LogP contribution in [0.1, 0.15) is 91.3 Å². The number of aromatic nitrogens is 4. The highest BCUT2D eigenvalue weighted by molar-refractivity contribution is 6.10. The molecule has 0 spiro atoms. The van der Waals surface area contributed by atoms with Gasteiger partial charge < -0.3 is 14.6 Å². The molecule has 2 aliphatic carbocycles. The summed E-state index contributed by atoms with van der Waals surface area (Å²) < 4.78 is 50.6. The average molecular weight is 569 g/mol. The summed E-state index contributed by atoms with van der Waals surface area (Å²) in [5.74, 6) is 1.33. The van der Waals surface area contributed by atoms with Crippen molar-refractivity contribution in [2.24, 2.45) is 13.0 Å². The van der Waals surface area contributed by atoms with Gasteiger partial charge in [-0.15, -0.1) is 10.2 Å². The summed E-state index contributed by atoms with van der Waals surface area (Å²) in [4.78, 5) is 19.7. The smallest absolute Gasteiger partial charge is 0.416 e. The average Bonchev–Trinajstić information content (AvgIpc) is 3.46. The van der Waals surface area contributed by atoms with Gasteiger partial charge in [-0.3, -0.25) is 9.69 Å². The molecule has 8 nitrogen and oxygen atoms in total. The van der Waals surface area contributed by atoms with Crippen molar-refractivity contribution >= 4 is 11.7 Å². The Morgan fingerprint density at radius 1 is 1.17 bits per heavy atom. The number of carbonyl (C=O) groups excluding carboxylic acids is 1. The molecule has 2 aromatic heterocycles. The molecule has 3 aliphatic rings. The number of aryl methyl sites for hydroxylation is 1. The molecule has 2 saturated carbocycles. The molecule has 218 valence electrons. The molecule has 0 bridgehead atoms. The van der Waals surface area contributed by atoms with Crippen LogP contribution in [-0.2, 0) is 31.7 Å². The number of alkyl halides is 3. The predicted molar refractivity (Wildman–Crippen MR) is 147 cm³/mol. The van der Waals surface area contributed by atoms with Gasteiger partial charge in [0.25, 0.3) is 5.91 Å². The molecule has 1 aliphatic heterocycles. The quantitative estimate of drug-likeness (QED) is 0.384. The van der Waals surface area contributed by atoms with Crippen molar-refractivity contribution in [2.45, 2.75) is 83.1 Å². The minimum Gasteiger partial charge on any atom is -0.478 e. The van der Waals surface area contributed by atoms with Crippen LogP contribution in [0.5, 0.6) is 5.88 Å². The van der Waals surface area contributed by atoms with E-state index in [2.05, 4.69) is 34.3 Å². The molecule has 41 heavy (non-hydrogen) atoms. The standard InChI is InChI=1S/C30H35F3N6O2/c1-5-41-25-12-20(29(13-18(2)14-29)27-37-35-17-38(27)4)11-24(36-25)39-16-22-21(26(39)40)9-19(10-23(22)30(31,32)33)15-34-28(3)7-6-8-28/h9-12,17-18,34H,5-8,13-16H2,1-4H3. The van der Waals surface area contributed by atoms with Crippen LogP contribution in [0.4, 0.5) is 19.0 Å². The van der Waals surface area contributed by atoms with Gasteiger partial charge in [0, 0.05) is 30.8 Å². The summed E-state index contributed by atoms with van der Waals surface area (Å²) in [6.45, 7) is 6.48. The first kappa shape index (κ1) is 27.7. The third-order valence-electron chi connectivity index (χ3n) is 9.03. The van der Waals surface area contributed by atoms with Crippen LogP contribution in [-0.4, -0.2) is 37.8 Å². The minimum atomic E-state index is -4.60. The minimum absolute atomic E-state index is 0.0217. The lowest BCUT2D eigenvalue weighted by atomic mass is 9.58. The molecule has 1 N–H and O–H groups in total. The van der Waals surface area contributed by atoms with Gasteiger partial charge in [-0.05, 0) is 86.8 Å². The van der Waals surface area contributed by atoms with Gasteiger partial charge in [0.1, 0.15) is 18.0 Å². The maximum atomic E-state index is 14.3. The first-order valence-electron chi connectivity index (χ1n) is 14.2. The lowest BCUT2D eigenvalue weighted by Crippen LogP contribution is -2.47. The molecule has 1 amide bonds. The van der Waals surface area contributed by atoms with E-state index in [-0.39, 0.29) is 35.6 Å². The number of hydrogen-bond donors (Lipinski definition) is 1. The molecular weight excluding hydrogens is 533 g/mol. The summed E-state index contributed by atoms with van der Waals surface area (Å²) in [5, 5.41) is 11.9. The van der Waals surface area contributed by atoms with E-state index in [1.807, 2.05) is 24.6 Å². The molecule has 0 radical (unpaired) electrons. The van der Waals surface area contributed by atoms with Crippen LogP contribution in [0.2, 0.25) is 0 Å². The predicted octanol–water partition coefficient (Wildman–Crippen LogP) is 5.54. The molecule has 1 aromatic carbocycles. The summed E-state index contributed by atoms with van der Waals surface area (Å²) in [5.41, 5.74) is 0.0422. The van der Waals surface area contributed by atoms with Crippen molar-refractivity contribution in [3.05, 3.63) is 64.2 Å². The number of carbonyl (C=O) groups is 1. The van der Waals surface area contributed by atoms with Crippen molar-refractivity contribution in [3.63, 3.8) is 0 Å². The second-order valence-electron chi connectivity index (χ2n) is 12.2. The summed E-state index contributed by atoms with van der Waals surface area (Å²) >= 11 is 0. The molecule has 3 heterocycles. The summed E-state index contributed by atoms with van der Waals surface area (Å²) in [6, 6.07) is 6.44. The summed E-state index contributed by atoms with van der Waals surface area (Å²) in [7, 11) is 1.89. The molecule has 0 unspecified atom stereocenters. The second-order valence-corrected chi connectivity index (χ2v) is 12.2. The molecular formula is C30H35F3N6O2. The Morgan fingerprint density at radius 2 is 1.93 bits per heavy atom. The van der Waals surface area contributed by atoms with E-state index in [1.54, 1.807) is 18.5 Å². The lowest BCUT2D eigenvalue weighted by Gasteiger charge is -2.46. The first-order valence-corrected chi connectivity index (χ1v) is 14.2. The van der Waals surface area contributed by atoms with Gasteiger partial charge in [0.05, 0.1) is 24.1 Å². The van der Waals surface area contributed by atoms with Crippen LogP contribution in [0.3, 0.4) is 0 Å². The SMILES string of the molecule is CCOc1cc(C2(c3nncn3C)CC(C)C2)cc(N2Cc3c(cc(CNC4(C)CCC4)cc3C(F)(F)F)C2=O)n1. The monoisotopic (exact) mass is 568 g/mol. The zero-order chi connectivity index (χ0) is 29.2. The number of hydrogen-bond acceptors (Lipinski definition) is 6. The van der Waals surface area contributed by atoms with Crippen LogP contribution >= 0.6 is 0 Å². The van der Waals surface area contributed by atoms with Gasteiger partial charge in [-0.25, -0.2) is 0 Å². The second kappa shape index (κ2) is 9.82. The van der Waals surface area contributed by atoms with Crippen molar-refractivity contribution in [3.8, 4) is 5.88 Å². The van der Waals surface area contributed by atoms with E-state index in [1.165, 1.54) is 11.0 Å². The van der Waals surface area contributed by atoms with Crippen LogP contribution in [0.25, 0.3) is 0 Å². The fraction of sp³-hybridized carbons (Fsp3) is 0.533. The number of fused-ring (bicyclic) bond motifs is 1. The molecule has 2 fully saturated rings. The number of anilines is 1. The molecule has 11 heteroatoms. The largest absolute Gasteiger partial charge is 0.478 e. The Bertz CT molecular complexity index is 1490. The number of nitrogens with one attached hydrogen (secondary N) is 1. The Labute approximate surface area is 237 Å². The fourth-order valence-corrected chi connectivity index (χ4v) is 6.73. The van der Waals surface area contributed by atoms with Crippen molar-refractivity contribution in [2.75, 3.05) is 11.5 Å². The third-order valence-corrected chi connectivity index (χ3v) is 9.03. The Hall–Kier alpha value is -3.47. The highest BCUT2D eigenvalue weighted by atomic mass is 19.4.